The highest BCUT2D eigenvalue weighted by Crippen LogP contribution is 2.56. The van der Waals surface area contributed by atoms with E-state index in [1.165, 1.54) is 5.56 Å². The molecule has 0 radical (unpaired) electrons. The fourth-order valence-electron chi connectivity index (χ4n) is 3.26. The molecule has 0 amide bonds. The molecule has 0 fully saturated rings. The largest absolute Gasteiger partial charge is 0.496 e. The molecule has 0 aliphatic carbocycles. The second-order valence-corrected chi connectivity index (χ2v) is 11.2. The van der Waals surface area contributed by atoms with E-state index in [-0.39, 0.29) is 16.1 Å². The molecule has 0 aromatic heterocycles. The van der Waals surface area contributed by atoms with Crippen LogP contribution in [0.3, 0.4) is 0 Å². The summed E-state index contributed by atoms with van der Waals surface area (Å²) in [7, 11) is 0. The van der Waals surface area contributed by atoms with Crippen LogP contribution in [0.15, 0.2) is 42.5 Å². The minimum atomic E-state index is -2.06. The molecule has 0 bridgehead atoms. The molecule has 0 saturated carbocycles. The summed E-state index contributed by atoms with van der Waals surface area (Å²) < 4.78 is 3.83. The third-order valence-corrected chi connectivity index (χ3v) is 6.65. The Balaban J connectivity index is 2.34. The zero-order chi connectivity index (χ0) is 20.9. The Morgan fingerprint density at radius 1 is 1.07 bits per heavy atom. The average molecular weight is 420 g/mol. The minimum Gasteiger partial charge on any atom is -0.406 e. The summed E-state index contributed by atoms with van der Waals surface area (Å²) >= 11 is 7.40. The van der Waals surface area contributed by atoms with Crippen molar-refractivity contribution in [3.63, 3.8) is 0 Å². The zero-order valence-corrected chi connectivity index (χ0v) is 18.6. The van der Waals surface area contributed by atoms with Crippen molar-refractivity contribution in [2.24, 2.45) is 0 Å². The van der Waals surface area contributed by atoms with Gasteiger partial charge in [-0.15, -0.1) is 0 Å². The summed E-state index contributed by atoms with van der Waals surface area (Å²) in [5, 5.41) is 11.5. The maximum atomic E-state index is 11.8. The molecular weight excluding hydrogens is 394 g/mol. The second kappa shape index (κ2) is 6.96. The van der Waals surface area contributed by atoms with Crippen LogP contribution in [-0.2, 0) is 10.8 Å². The number of benzene rings is 2. The molecule has 1 aliphatic heterocycles. The van der Waals surface area contributed by atoms with Crippen molar-refractivity contribution in [1.29, 1.82) is 0 Å². The molecule has 0 N–H and O–H groups in total. The van der Waals surface area contributed by atoms with Crippen LogP contribution in [0.25, 0.3) is 0 Å². The van der Waals surface area contributed by atoms with Gasteiger partial charge in [0.15, 0.2) is 0 Å². The molecule has 1 heterocycles. The van der Waals surface area contributed by atoms with Crippen LogP contribution in [0.1, 0.15) is 69.0 Å². The van der Waals surface area contributed by atoms with Gasteiger partial charge in [-0.3, -0.25) is 10.1 Å². The molecule has 6 heteroatoms. The van der Waals surface area contributed by atoms with Crippen molar-refractivity contribution >= 4 is 23.4 Å². The number of halogens is 1. The van der Waals surface area contributed by atoms with E-state index in [9.17, 15) is 10.1 Å². The van der Waals surface area contributed by atoms with Crippen LogP contribution >= 0.6 is 23.4 Å². The number of thioether (sulfide) groups is 1. The standard InChI is InChI=1S/C22H26ClNO3S/c1-20(2,3)15-12-16-18(17(13-15)21(4,5)6)27-22(23,24(25)26)28-19(16)14-10-8-7-9-11-14/h7-13,19H,1-6H3. The fraction of sp³-hybridized carbons (Fsp3) is 0.455. The van der Waals surface area contributed by atoms with E-state index in [0.717, 1.165) is 28.5 Å². The lowest BCUT2D eigenvalue weighted by Gasteiger charge is -2.36. The summed E-state index contributed by atoms with van der Waals surface area (Å²) in [6, 6.07) is 14.0. The number of ether oxygens (including phenoxy) is 1. The third-order valence-electron chi connectivity index (χ3n) is 4.89. The lowest BCUT2D eigenvalue weighted by molar-refractivity contribution is -0.552. The molecule has 0 spiro atoms. The zero-order valence-electron chi connectivity index (χ0n) is 17.1. The molecule has 0 saturated heterocycles. The predicted octanol–water partition coefficient (Wildman–Crippen LogP) is 6.62. The maximum Gasteiger partial charge on any atom is 0.496 e. The Kier molecular flexibility index (Phi) is 5.22. The molecular formula is C22H26ClNO3S. The molecule has 2 aromatic rings. The summed E-state index contributed by atoms with van der Waals surface area (Å²) in [6.07, 6.45) is 0. The Hall–Kier alpha value is -1.72. The summed E-state index contributed by atoms with van der Waals surface area (Å²) in [5.74, 6) is 0.528. The van der Waals surface area contributed by atoms with Gasteiger partial charge in [-0.2, -0.15) is 0 Å². The minimum absolute atomic E-state index is 0.0699. The van der Waals surface area contributed by atoms with Crippen LogP contribution in [0, 0.1) is 10.1 Å². The van der Waals surface area contributed by atoms with Crippen molar-refractivity contribution in [2.75, 3.05) is 0 Å². The highest BCUT2D eigenvalue weighted by Gasteiger charge is 2.53. The third kappa shape index (κ3) is 3.87. The maximum absolute atomic E-state index is 11.8. The van der Waals surface area contributed by atoms with Crippen molar-refractivity contribution in [3.05, 3.63) is 74.8 Å². The van der Waals surface area contributed by atoms with Gasteiger partial charge in [0.1, 0.15) is 5.75 Å². The van der Waals surface area contributed by atoms with E-state index in [0.29, 0.717) is 5.75 Å². The number of rotatable bonds is 2. The highest BCUT2D eigenvalue weighted by molar-refractivity contribution is 8.01. The van der Waals surface area contributed by atoms with E-state index in [2.05, 4.69) is 53.7 Å². The molecule has 3 rings (SSSR count). The van der Waals surface area contributed by atoms with Crippen LogP contribution in [-0.4, -0.2) is 9.44 Å². The molecule has 2 atom stereocenters. The van der Waals surface area contributed by atoms with E-state index < -0.39 is 9.44 Å². The first-order chi connectivity index (χ1) is 12.8. The first-order valence-electron chi connectivity index (χ1n) is 9.27. The number of fused-ring (bicyclic) bond motifs is 1. The first-order valence-corrected chi connectivity index (χ1v) is 10.5. The number of hydrogen-bond donors (Lipinski definition) is 0. The second-order valence-electron chi connectivity index (χ2n) is 9.21. The van der Waals surface area contributed by atoms with Gasteiger partial charge in [0, 0.05) is 22.7 Å². The van der Waals surface area contributed by atoms with Gasteiger partial charge in [0.25, 0.3) is 0 Å². The lowest BCUT2D eigenvalue weighted by Crippen LogP contribution is -2.40. The first kappa shape index (κ1) is 21.0. The number of alkyl halides is 1. The Bertz CT molecular complexity index is 902. The number of nitro groups is 1. The van der Waals surface area contributed by atoms with E-state index >= 15 is 0 Å². The smallest absolute Gasteiger partial charge is 0.406 e. The van der Waals surface area contributed by atoms with Gasteiger partial charge in [-0.25, -0.2) is 0 Å². The predicted molar refractivity (Wildman–Crippen MR) is 116 cm³/mol. The Labute approximate surface area is 175 Å². The van der Waals surface area contributed by atoms with Crippen LogP contribution < -0.4 is 4.74 Å². The average Bonchev–Trinajstić information content (AvgIpc) is 2.59. The van der Waals surface area contributed by atoms with E-state index in [4.69, 9.17) is 16.3 Å². The van der Waals surface area contributed by atoms with Gasteiger partial charge in [0.2, 0.25) is 0 Å². The van der Waals surface area contributed by atoms with Crippen LogP contribution in [0.5, 0.6) is 5.75 Å². The SMILES string of the molecule is CC(C)(C)c1cc2c(c(C(C)(C)C)c1)OC(Cl)([N+](=O)[O-])SC2c1ccccc1. The van der Waals surface area contributed by atoms with Gasteiger partial charge in [0.05, 0.1) is 10.2 Å². The normalized spacial score (nSPS) is 22.3. The monoisotopic (exact) mass is 419 g/mol. The van der Waals surface area contributed by atoms with Crippen LogP contribution in [0.2, 0.25) is 0 Å². The Morgan fingerprint density at radius 2 is 1.68 bits per heavy atom. The van der Waals surface area contributed by atoms with Gasteiger partial charge < -0.3 is 4.74 Å². The van der Waals surface area contributed by atoms with Crippen molar-refractivity contribution in [3.8, 4) is 5.75 Å². The molecule has 1 aliphatic rings. The molecule has 4 nitrogen and oxygen atoms in total. The molecule has 2 aromatic carbocycles. The summed E-state index contributed by atoms with van der Waals surface area (Å²) in [4.78, 5) is 11.2. The van der Waals surface area contributed by atoms with Crippen molar-refractivity contribution in [2.45, 2.75) is 62.1 Å². The summed E-state index contributed by atoms with van der Waals surface area (Å²) in [6.45, 7) is 12.7. The van der Waals surface area contributed by atoms with E-state index in [1.807, 2.05) is 30.3 Å². The summed E-state index contributed by atoms with van der Waals surface area (Å²) in [5.41, 5.74) is 3.68. The van der Waals surface area contributed by atoms with E-state index in [1.54, 1.807) is 0 Å². The lowest BCUT2D eigenvalue weighted by atomic mass is 9.78. The number of nitrogens with zero attached hydrogens (tertiary/aromatic N) is 1. The quantitative estimate of drug-likeness (QED) is 0.237. The number of hydrogen-bond acceptors (Lipinski definition) is 4. The molecule has 28 heavy (non-hydrogen) atoms. The topological polar surface area (TPSA) is 52.4 Å². The van der Waals surface area contributed by atoms with Crippen LogP contribution in [0.4, 0.5) is 0 Å². The highest BCUT2D eigenvalue weighted by atomic mass is 35.5. The van der Waals surface area contributed by atoms with Gasteiger partial charge >= 0.3 is 4.52 Å². The van der Waals surface area contributed by atoms with Crippen molar-refractivity contribution in [1.82, 2.24) is 0 Å². The van der Waals surface area contributed by atoms with Crippen molar-refractivity contribution < 1.29 is 9.66 Å². The van der Waals surface area contributed by atoms with Gasteiger partial charge in [-0.1, -0.05) is 84.0 Å². The fourth-order valence-corrected chi connectivity index (χ4v) is 4.71. The molecule has 2 unspecified atom stereocenters. The molecule has 150 valence electrons. The van der Waals surface area contributed by atoms with Gasteiger partial charge in [-0.05, 0) is 33.7 Å². The Morgan fingerprint density at radius 3 is 2.18 bits per heavy atom.